The van der Waals surface area contributed by atoms with Crippen LogP contribution >= 0.6 is 0 Å². The fourth-order valence-corrected chi connectivity index (χ4v) is 3.56. The van der Waals surface area contributed by atoms with Crippen LogP contribution in [0.15, 0.2) is 0 Å². The average Bonchev–Trinajstić information content (AvgIpc) is 2.52. The molecule has 9 heteroatoms. The van der Waals surface area contributed by atoms with Gasteiger partial charge < -0.3 is 14.4 Å². The topological polar surface area (TPSA) is 98.7 Å². The molecule has 8 nitrogen and oxygen atoms in total. The molecule has 0 N–H and O–H groups in total. The molecule has 1 aromatic heterocycles. The van der Waals surface area contributed by atoms with Gasteiger partial charge in [0, 0.05) is 13.2 Å². The van der Waals surface area contributed by atoms with Crippen molar-refractivity contribution in [2.45, 2.75) is 44.5 Å². The van der Waals surface area contributed by atoms with Gasteiger partial charge in [0.25, 0.3) is 0 Å². The van der Waals surface area contributed by atoms with E-state index in [1.165, 1.54) is 6.92 Å². The van der Waals surface area contributed by atoms with E-state index in [0.717, 1.165) is 6.26 Å². The molecule has 2 atom stereocenters. The van der Waals surface area contributed by atoms with Crippen LogP contribution in [0.25, 0.3) is 0 Å². The number of fused-ring (bicyclic) bond motifs is 3. The average molecular weight is 369 g/mol. The Morgan fingerprint density at radius 2 is 1.92 bits per heavy atom. The van der Waals surface area contributed by atoms with Gasteiger partial charge in [0.1, 0.15) is 17.0 Å². The van der Waals surface area contributed by atoms with Gasteiger partial charge in [-0.05, 0) is 20.8 Å². The highest BCUT2D eigenvalue weighted by molar-refractivity contribution is 7.91. The summed E-state index contributed by atoms with van der Waals surface area (Å²) in [5.74, 6) is 0.481. The van der Waals surface area contributed by atoms with Gasteiger partial charge in [-0.3, -0.25) is 4.79 Å². The molecule has 0 aliphatic carbocycles. The van der Waals surface area contributed by atoms with Crippen LogP contribution in [-0.4, -0.2) is 62.3 Å². The van der Waals surface area contributed by atoms with E-state index in [2.05, 4.69) is 14.9 Å². The van der Waals surface area contributed by atoms with Crippen LogP contribution in [-0.2, 0) is 19.3 Å². The van der Waals surface area contributed by atoms with Gasteiger partial charge in [-0.1, -0.05) is 0 Å². The lowest BCUT2D eigenvalue weighted by atomic mass is 10.0. The summed E-state index contributed by atoms with van der Waals surface area (Å²) < 4.78 is 34.8. The number of anilines is 1. The molecule has 3 rings (SSSR count). The molecule has 1 saturated heterocycles. The number of ether oxygens (including phenoxy) is 2. The molecule has 3 heterocycles. The van der Waals surface area contributed by atoms with E-state index in [9.17, 15) is 13.2 Å². The van der Waals surface area contributed by atoms with Crippen molar-refractivity contribution in [3.8, 4) is 5.75 Å². The summed E-state index contributed by atoms with van der Waals surface area (Å²) >= 11 is 0. The van der Waals surface area contributed by atoms with Crippen LogP contribution in [0, 0.1) is 0 Å². The predicted molar refractivity (Wildman–Crippen MR) is 91.9 cm³/mol. The number of aromatic nitrogens is 2. The molecule has 0 unspecified atom stereocenters. The van der Waals surface area contributed by atoms with E-state index in [0.29, 0.717) is 31.4 Å². The molecule has 0 radical (unpaired) electrons. The van der Waals surface area contributed by atoms with Crippen molar-refractivity contribution in [1.82, 2.24) is 9.97 Å². The lowest BCUT2D eigenvalue weighted by Crippen LogP contribution is -2.56. The van der Waals surface area contributed by atoms with Crippen LogP contribution in [0.5, 0.6) is 5.75 Å². The summed E-state index contributed by atoms with van der Waals surface area (Å²) in [7, 11) is -3.50. The summed E-state index contributed by atoms with van der Waals surface area (Å²) in [4.78, 5) is 22.7. The van der Waals surface area contributed by atoms with Crippen molar-refractivity contribution in [3.63, 3.8) is 0 Å². The second-order valence-corrected chi connectivity index (χ2v) is 9.71. The zero-order valence-electron chi connectivity index (χ0n) is 15.1. The third kappa shape index (κ3) is 2.89. The van der Waals surface area contributed by atoms with Crippen LogP contribution in [0.1, 0.15) is 44.0 Å². The van der Waals surface area contributed by atoms with E-state index < -0.39 is 14.6 Å². The Bertz CT molecular complexity index is 821. The third-order valence-corrected chi connectivity index (χ3v) is 6.91. The first-order valence-corrected chi connectivity index (χ1v) is 10.0. The summed E-state index contributed by atoms with van der Waals surface area (Å²) in [6.07, 6.45) is 1.15. The van der Waals surface area contributed by atoms with Gasteiger partial charge in [0.05, 0.1) is 25.3 Å². The molecular formula is C16H23N3O5S. The van der Waals surface area contributed by atoms with Crippen molar-refractivity contribution in [2.24, 2.45) is 0 Å². The fourth-order valence-electron chi connectivity index (χ4n) is 3.07. The number of Topliss-reactive ketones (excluding diaryl/α,β-unsaturated/α-hetero) is 1. The first-order chi connectivity index (χ1) is 11.5. The monoisotopic (exact) mass is 369 g/mol. The smallest absolute Gasteiger partial charge is 0.198 e. The number of carbonyl (C=O) groups is 1. The molecule has 1 fully saturated rings. The normalized spacial score (nSPS) is 23.5. The molecule has 2 aliphatic heterocycles. The number of carbonyl (C=O) groups excluding carboxylic acids is 1. The maximum atomic E-state index is 12.3. The molecule has 138 valence electrons. The van der Waals surface area contributed by atoms with Gasteiger partial charge in [0.15, 0.2) is 33.0 Å². The van der Waals surface area contributed by atoms with E-state index in [1.54, 1.807) is 13.8 Å². The molecule has 0 aromatic carbocycles. The third-order valence-electron chi connectivity index (χ3n) is 4.86. The Balaban J connectivity index is 2.27. The quantitative estimate of drug-likeness (QED) is 0.726. The largest absolute Gasteiger partial charge is 0.486 e. The minimum atomic E-state index is -3.50. The molecule has 0 spiro atoms. The van der Waals surface area contributed by atoms with Crippen molar-refractivity contribution < 1.29 is 22.7 Å². The predicted octanol–water partition coefficient (Wildman–Crippen LogP) is 0.945. The fraction of sp³-hybridized carbons (Fsp3) is 0.688. The highest BCUT2D eigenvalue weighted by Crippen LogP contribution is 2.43. The lowest BCUT2D eigenvalue weighted by molar-refractivity contribution is 0.0481. The van der Waals surface area contributed by atoms with E-state index in [-0.39, 0.29) is 29.4 Å². The summed E-state index contributed by atoms with van der Waals surface area (Å²) in [6, 6.07) is 0.00505. The number of rotatable bonds is 3. The van der Waals surface area contributed by atoms with Crippen molar-refractivity contribution >= 4 is 21.4 Å². The number of ketones is 1. The molecule has 0 bridgehead atoms. The minimum absolute atomic E-state index is 0.00610. The number of hydrogen-bond donors (Lipinski definition) is 0. The number of nitrogens with zero attached hydrogens (tertiary/aromatic N) is 3. The Kier molecular flexibility index (Phi) is 4.27. The lowest BCUT2D eigenvalue weighted by Gasteiger charge is -2.45. The Hall–Kier alpha value is -1.74. The van der Waals surface area contributed by atoms with E-state index in [1.807, 2.05) is 6.92 Å². The van der Waals surface area contributed by atoms with Crippen LogP contribution in [0.2, 0.25) is 0 Å². The first kappa shape index (κ1) is 18.1. The van der Waals surface area contributed by atoms with Crippen molar-refractivity contribution in [2.75, 3.05) is 31.0 Å². The van der Waals surface area contributed by atoms with Crippen molar-refractivity contribution in [3.05, 3.63) is 11.5 Å². The Labute approximate surface area is 147 Å². The van der Waals surface area contributed by atoms with Crippen LogP contribution in [0.4, 0.5) is 5.82 Å². The SMILES string of the molecule is CC(=O)c1nc2c(c(C(C)(C)S(C)(=O)=O)n1)OC[C@@H]1COC[C@@H](C)N21. The number of morpholine rings is 1. The summed E-state index contributed by atoms with van der Waals surface area (Å²) in [5.41, 5.74) is 0.224. The standard InChI is InChI=1S/C16H23N3O5S/c1-9-6-23-7-11-8-24-12-13(16(3,4)25(5,21)22)17-14(10(2)20)18-15(12)19(9)11/h9,11H,6-8H2,1-5H3/t9-,11+/m1/s1. The van der Waals surface area contributed by atoms with Gasteiger partial charge in [-0.2, -0.15) is 0 Å². The number of sulfone groups is 1. The minimum Gasteiger partial charge on any atom is -0.486 e. The van der Waals surface area contributed by atoms with Gasteiger partial charge in [-0.15, -0.1) is 0 Å². The van der Waals surface area contributed by atoms with E-state index >= 15 is 0 Å². The van der Waals surface area contributed by atoms with E-state index in [4.69, 9.17) is 9.47 Å². The first-order valence-electron chi connectivity index (χ1n) is 8.16. The number of hydrogen-bond acceptors (Lipinski definition) is 8. The van der Waals surface area contributed by atoms with Gasteiger partial charge in [0.2, 0.25) is 0 Å². The molecule has 25 heavy (non-hydrogen) atoms. The second kappa shape index (κ2) is 5.91. The maximum absolute atomic E-state index is 12.3. The summed E-state index contributed by atoms with van der Waals surface area (Å²) in [6.45, 7) is 7.86. The second-order valence-electron chi connectivity index (χ2n) is 7.15. The highest BCUT2D eigenvalue weighted by Gasteiger charge is 2.43. The maximum Gasteiger partial charge on any atom is 0.198 e. The Morgan fingerprint density at radius 1 is 1.24 bits per heavy atom. The molecular weight excluding hydrogens is 346 g/mol. The van der Waals surface area contributed by atoms with Gasteiger partial charge in [-0.25, -0.2) is 18.4 Å². The Morgan fingerprint density at radius 3 is 2.52 bits per heavy atom. The van der Waals surface area contributed by atoms with Crippen molar-refractivity contribution in [1.29, 1.82) is 0 Å². The zero-order valence-corrected chi connectivity index (χ0v) is 15.9. The zero-order chi connectivity index (χ0) is 18.6. The molecule has 1 aromatic rings. The van der Waals surface area contributed by atoms with Gasteiger partial charge >= 0.3 is 0 Å². The molecule has 0 saturated carbocycles. The van der Waals surface area contributed by atoms with Crippen LogP contribution < -0.4 is 9.64 Å². The van der Waals surface area contributed by atoms with Crippen LogP contribution in [0.3, 0.4) is 0 Å². The highest BCUT2D eigenvalue weighted by atomic mass is 32.2. The summed E-state index contributed by atoms with van der Waals surface area (Å²) in [5, 5.41) is 0. The molecule has 0 amide bonds. The molecule has 2 aliphatic rings.